The normalized spacial score (nSPS) is 11.1. The average Bonchev–Trinajstić information content (AvgIpc) is 2.60. The quantitative estimate of drug-likeness (QED) is 0.720. The summed E-state index contributed by atoms with van der Waals surface area (Å²) in [7, 11) is 1.73. The molecule has 0 saturated carbocycles. The highest BCUT2D eigenvalue weighted by Crippen LogP contribution is 2.36. The van der Waals surface area contributed by atoms with Crippen molar-refractivity contribution in [3.8, 4) is 5.75 Å². The van der Waals surface area contributed by atoms with Gasteiger partial charge in [0, 0.05) is 4.88 Å². The van der Waals surface area contributed by atoms with Crippen LogP contribution in [0.3, 0.4) is 0 Å². The second-order valence-corrected chi connectivity index (χ2v) is 4.77. The van der Waals surface area contributed by atoms with Crippen LogP contribution < -0.4 is 4.74 Å². The minimum Gasteiger partial charge on any atom is -0.495 e. The molecule has 0 unspecified atom stereocenters. The summed E-state index contributed by atoms with van der Waals surface area (Å²) in [6.07, 6.45) is 0. The highest BCUT2D eigenvalue weighted by molar-refractivity contribution is 7.19. The second kappa shape index (κ2) is 3.62. The van der Waals surface area contributed by atoms with Crippen molar-refractivity contribution in [2.75, 3.05) is 7.11 Å². The molecule has 1 aromatic heterocycles. The molecule has 0 amide bonds. The molecule has 0 spiro atoms. The molecule has 1 aromatic carbocycles. The van der Waals surface area contributed by atoms with Crippen LogP contribution in [0, 0.1) is 0 Å². The van der Waals surface area contributed by atoms with Crippen molar-refractivity contribution in [3.63, 3.8) is 0 Å². The van der Waals surface area contributed by atoms with Crippen LogP contribution in [0.5, 0.6) is 5.75 Å². The fraction of sp³-hybridized carbons (Fsp3) is 0.333. The molecule has 0 bridgehead atoms. The SMILES string of the molecule is COc1cccc2cc(C(C)C)sc12. The van der Waals surface area contributed by atoms with Crippen molar-refractivity contribution in [3.05, 3.63) is 29.1 Å². The maximum atomic E-state index is 5.33. The standard InChI is InChI=1S/C12H14OS/c1-8(2)11-7-9-5-4-6-10(13-3)12(9)14-11/h4-8H,1-3H3. The maximum absolute atomic E-state index is 5.33. The van der Waals surface area contributed by atoms with Crippen LogP contribution in [0.15, 0.2) is 24.3 Å². The lowest BCUT2D eigenvalue weighted by Crippen LogP contribution is -1.80. The summed E-state index contributed by atoms with van der Waals surface area (Å²) in [6, 6.07) is 8.45. The molecule has 1 nitrogen and oxygen atoms in total. The third-order valence-corrected chi connectivity index (χ3v) is 3.78. The van der Waals surface area contributed by atoms with Gasteiger partial charge in [-0.3, -0.25) is 0 Å². The summed E-state index contributed by atoms with van der Waals surface area (Å²) in [5.74, 6) is 1.58. The van der Waals surface area contributed by atoms with Gasteiger partial charge in [-0.25, -0.2) is 0 Å². The molecule has 2 rings (SSSR count). The van der Waals surface area contributed by atoms with Gasteiger partial charge < -0.3 is 4.74 Å². The third kappa shape index (κ3) is 1.50. The monoisotopic (exact) mass is 206 g/mol. The Morgan fingerprint density at radius 3 is 2.71 bits per heavy atom. The van der Waals surface area contributed by atoms with Crippen molar-refractivity contribution in [1.82, 2.24) is 0 Å². The number of fused-ring (bicyclic) bond motifs is 1. The third-order valence-electron chi connectivity index (χ3n) is 2.32. The summed E-state index contributed by atoms with van der Waals surface area (Å²) in [5, 5.41) is 1.29. The first-order valence-electron chi connectivity index (χ1n) is 4.79. The first-order valence-corrected chi connectivity index (χ1v) is 5.60. The molecule has 0 fully saturated rings. The summed E-state index contributed by atoms with van der Waals surface area (Å²) in [6.45, 7) is 4.44. The molecule has 1 heterocycles. The van der Waals surface area contributed by atoms with Crippen molar-refractivity contribution in [1.29, 1.82) is 0 Å². The molecule has 0 aliphatic carbocycles. The zero-order valence-electron chi connectivity index (χ0n) is 8.70. The average molecular weight is 206 g/mol. The highest BCUT2D eigenvalue weighted by Gasteiger charge is 2.08. The summed E-state index contributed by atoms with van der Waals surface area (Å²) in [4.78, 5) is 1.42. The van der Waals surface area contributed by atoms with Crippen LogP contribution in [0.2, 0.25) is 0 Å². The molecule has 0 atom stereocenters. The molecule has 2 aromatic rings. The van der Waals surface area contributed by atoms with E-state index in [0.29, 0.717) is 5.92 Å². The Morgan fingerprint density at radius 2 is 2.07 bits per heavy atom. The van der Waals surface area contributed by atoms with Gasteiger partial charge in [0.1, 0.15) is 5.75 Å². The Hall–Kier alpha value is -1.02. The zero-order chi connectivity index (χ0) is 10.1. The molecule has 2 heteroatoms. The number of benzene rings is 1. The number of hydrogen-bond donors (Lipinski definition) is 0. The topological polar surface area (TPSA) is 9.23 Å². The Balaban J connectivity index is 2.64. The highest BCUT2D eigenvalue weighted by atomic mass is 32.1. The largest absolute Gasteiger partial charge is 0.495 e. The van der Waals surface area contributed by atoms with E-state index in [4.69, 9.17) is 4.74 Å². The fourth-order valence-corrected chi connectivity index (χ4v) is 2.66. The smallest absolute Gasteiger partial charge is 0.136 e. The molecule has 0 aliphatic rings. The van der Waals surface area contributed by atoms with Gasteiger partial charge in [-0.05, 0) is 23.4 Å². The number of ether oxygens (including phenoxy) is 1. The van der Waals surface area contributed by atoms with E-state index in [2.05, 4.69) is 26.0 Å². The van der Waals surface area contributed by atoms with Crippen molar-refractivity contribution >= 4 is 21.4 Å². The van der Waals surface area contributed by atoms with Crippen molar-refractivity contribution < 1.29 is 4.74 Å². The van der Waals surface area contributed by atoms with Crippen LogP contribution in [0.4, 0.5) is 0 Å². The minimum atomic E-state index is 0.595. The fourth-order valence-electron chi connectivity index (χ4n) is 1.50. The maximum Gasteiger partial charge on any atom is 0.136 e. The van der Waals surface area contributed by atoms with E-state index in [-0.39, 0.29) is 0 Å². The Morgan fingerprint density at radius 1 is 1.29 bits per heavy atom. The molecular weight excluding hydrogens is 192 g/mol. The van der Waals surface area contributed by atoms with Crippen molar-refractivity contribution in [2.24, 2.45) is 0 Å². The molecule has 74 valence electrons. The van der Waals surface area contributed by atoms with Gasteiger partial charge >= 0.3 is 0 Å². The first kappa shape index (κ1) is 9.53. The van der Waals surface area contributed by atoms with E-state index < -0.39 is 0 Å². The van der Waals surface area contributed by atoms with Gasteiger partial charge in [-0.1, -0.05) is 26.0 Å². The van der Waals surface area contributed by atoms with Gasteiger partial charge in [-0.15, -0.1) is 11.3 Å². The van der Waals surface area contributed by atoms with Crippen molar-refractivity contribution in [2.45, 2.75) is 19.8 Å². The summed E-state index contributed by atoms with van der Waals surface area (Å²) < 4.78 is 6.59. The van der Waals surface area contributed by atoms with E-state index in [9.17, 15) is 0 Å². The van der Waals surface area contributed by atoms with Crippen LogP contribution in [-0.4, -0.2) is 7.11 Å². The minimum absolute atomic E-state index is 0.595. The Kier molecular flexibility index (Phi) is 2.46. The number of hydrogen-bond acceptors (Lipinski definition) is 2. The molecule has 0 radical (unpaired) electrons. The second-order valence-electron chi connectivity index (χ2n) is 3.68. The molecule has 14 heavy (non-hydrogen) atoms. The van der Waals surface area contributed by atoms with Crippen LogP contribution in [0.25, 0.3) is 10.1 Å². The Labute approximate surface area is 88.3 Å². The van der Waals surface area contributed by atoms with Gasteiger partial charge in [0.2, 0.25) is 0 Å². The lowest BCUT2D eigenvalue weighted by Gasteiger charge is -1.99. The first-order chi connectivity index (χ1) is 6.72. The van der Waals surface area contributed by atoms with E-state index in [1.807, 2.05) is 23.5 Å². The van der Waals surface area contributed by atoms with Gasteiger partial charge in [0.25, 0.3) is 0 Å². The van der Waals surface area contributed by atoms with Crippen LogP contribution in [0.1, 0.15) is 24.6 Å². The van der Waals surface area contributed by atoms with E-state index in [1.165, 1.54) is 15.0 Å². The number of methoxy groups -OCH3 is 1. The molecule has 0 saturated heterocycles. The van der Waals surface area contributed by atoms with Gasteiger partial charge in [-0.2, -0.15) is 0 Å². The summed E-state index contributed by atoms with van der Waals surface area (Å²) >= 11 is 1.83. The molecule has 0 N–H and O–H groups in total. The Bertz CT molecular complexity index is 443. The number of thiophene rings is 1. The van der Waals surface area contributed by atoms with E-state index in [1.54, 1.807) is 7.11 Å². The lowest BCUT2D eigenvalue weighted by molar-refractivity contribution is 0.420. The molecule has 0 aliphatic heterocycles. The molecular formula is C12H14OS. The predicted molar refractivity (Wildman–Crippen MR) is 62.5 cm³/mol. The van der Waals surface area contributed by atoms with Crippen LogP contribution >= 0.6 is 11.3 Å². The van der Waals surface area contributed by atoms with E-state index in [0.717, 1.165) is 5.75 Å². The van der Waals surface area contributed by atoms with Crippen LogP contribution in [-0.2, 0) is 0 Å². The van der Waals surface area contributed by atoms with E-state index >= 15 is 0 Å². The lowest BCUT2D eigenvalue weighted by atomic mass is 10.1. The zero-order valence-corrected chi connectivity index (χ0v) is 9.52. The van der Waals surface area contributed by atoms with Gasteiger partial charge in [0.05, 0.1) is 11.8 Å². The van der Waals surface area contributed by atoms with Gasteiger partial charge in [0.15, 0.2) is 0 Å². The predicted octanol–water partition coefficient (Wildman–Crippen LogP) is 4.03. The number of rotatable bonds is 2. The summed E-state index contributed by atoms with van der Waals surface area (Å²) in [5.41, 5.74) is 0.